The SMILES string of the molecule is COc1ccc(-c2n[nH]c(CNC(=O)c3sc(-c4cccc(Cl)c4)nc3C)n2)cc1. The van der Waals surface area contributed by atoms with Gasteiger partial charge in [0.05, 0.1) is 19.3 Å². The number of H-pyrrole nitrogens is 1. The van der Waals surface area contributed by atoms with Gasteiger partial charge in [-0.05, 0) is 43.3 Å². The first-order valence-corrected chi connectivity index (χ1v) is 10.3. The van der Waals surface area contributed by atoms with Crippen LogP contribution < -0.4 is 10.1 Å². The number of aromatic nitrogens is 4. The summed E-state index contributed by atoms with van der Waals surface area (Å²) < 4.78 is 5.16. The predicted octanol–water partition coefficient (Wildman–Crippen LogP) is 4.50. The summed E-state index contributed by atoms with van der Waals surface area (Å²) in [6.07, 6.45) is 0. The molecule has 2 aromatic carbocycles. The molecule has 0 aliphatic rings. The molecule has 152 valence electrons. The molecule has 4 rings (SSSR count). The second-order valence-corrected chi connectivity index (χ2v) is 7.90. The Morgan fingerprint density at radius 3 is 2.70 bits per heavy atom. The zero-order valence-electron chi connectivity index (χ0n) is 16.3. The summed E-state index contributed by atoms with van der Waals surface area (Å²) in [6, 6.07) is 14.9. The Morgan fingerprint density at radius 1 is 1.17 bits per heavy atom. The molecule has 0 unspecified atom stereocenters. The third-order valence-electron chi connectivity index (χ3n) is 4.37. The quantitative estimate of drug-likeness (QED) is 0.461. The number of benzene rings is 2. The third-order valence-corrected chi connectivity index (χ3v) is 5.81. The predicted molar refractivity (Wildman–Crippen MR) is 117 cm³/mol. The maximum Gasteiger partial charge on any atom is 0.263 e. The minimum Gasteiger partial charge on any atom is -0.497 e. The molecule has 0 bridgehead atoms. The van der Waals surface area contributed by atoms with E-state index in [9.17, 15) is 4.79 Å². The maximum atomic E-state index is 12.7. The van der Waals surface area contributed by atoms with Crippen molar-refractivity contribution in [2.45, 2.75) is 13.5 Å². The highest BCUT2D eigenvalue weighted by molar-refractivity contribution is 7.17. The van der Waals surface area contributed by atoms with Crippen molar-refractivity contribution in [3.63, 3.8) is 0 Å². The smallest absolute Gasteiger partial charge is 0.263 e. The van der Waals surface area contributed by atoms with Crippen LogP contribution >= 0.6 is 22.9 Å². The minimum absolute atomic E-state index is 0.208. The van der Waals surface area contributed by atoms with Gasteiger partial charge in [0.15, 0.2) is 5.82 Å². The fourth-order valence-electron chi connectivity index (χ4n) is 2.84. The van der Waals surface area contributed by atoms with Gasteiger partial charge < -0.3 is 10.1 Å². The number of hydrogen-bond acceptors (Lipinski definition) is 6. The molecule has 1 amide bonds. The van der Waals surface area contributed by atoms with Gasteiger partial charge in [0.1, 0.15) is 21.5 Å². The van der Waals surface area contributed by atoms with E-state index >= 15 is 0 Å². The number of nitrogens with zero attached hydrogens (tertiary/aromatic N) is 3. The zero-order chi connectivity index (χ0) is 21.1. The van der Waals surface area contributed by atoms with E-state index in [4.69, 9.17) is 16.3 Å². The van der Waals surface area contributed by atoms with Crippen molar-refractivity contribution < 1.29 is 9.53 Å². The Labute approximate surface area is 182 Å². The fraction of sp³-hybridized carbons (Fsp3) is 0.143. The van der Waals surface area contributed by atoms with Crippen LogP contribution in [0.2, 0.25) is 5.02 Å². The average molecular weight is 440 g/mol. The lowest BCUT2D eigenvalue weighted by Crippen LogP contribution is -2.23. The van der Waals surface area contributed by atoms with Gasteiger partial charge in [0.25, 0.3) is 5.91 Å². The maximum absolute atomic E-state index is 12.7. The number of carbonyl (C=O) groups is 1. The minimum atomic E-state index is -0.208. The number of nitrogens with one attached hydrogen (secondary N) is 2. The number of rotatable bonds is 6. The van der Waals surface area contributed by atoms with Crippen molar-refractivity contribution in [2.75, 3.05) is 7.11 Å². The van der Waals surface area contributed by atoms with E-state index in [0.717, 1.165) is 21.9 Å². The second-order valence-electron chi connectivity index (χ2n) is 6.46. The van der Waals surface area contributed by atoms with Crippen LogP contribution in [0.1, 0.15) is 21.2 Å². The van der Waals surface area contributed by atoms with Crippen LogP contribution in [0.25, 0.3) is 22.0 Å². The molecule has 0 saturated carbocycles. The summed E-state index contributed by atoms with van der Waals surface area (Å²) in [5.74, 6) is 1.67. The largest absolute Gasteiger partial charge is 0.497 e. The average Bonchev–Trinajstić information content (AvgIpc) is 3.39. The first-order valence-electron chi connectivity index (χ1n) is 9.11. The van der Waals surface area contributed by atoms with Crippen LogP contribution in [0.4, 0.5) is 0 Å². The van der Waals surface area contributed by atoms with Crippen molar-refractivity contribution in [1.29, 1.82) is 0 Å². The number of thiazole rings is 1. The van der Waals surface area contributed by atoms with Crippen molar-refractivity contribution in [3.05, 3.63) is 69.9 Å². The molecule has 4 aromatic rings. The van der Waals surface area contributed by atoms with Gasteiger partial charge in [0, 0.05) is 16.1 Å². The van der Waals surface area contributed by atoms with Gasteiger partial charge in [0.2, 0.25) is 0 Å². The van der Waals surface area contributed by atoms with Gasteiger partial charge in [-0.15, -0.1) is 11.3 Å². The van der Waals surface area contributed by atoms with E-state index < -0.39 is 0 Å². The molecule has 30 heavy (non-hydrogen) atoms. The van der Waals surface area contributed by atoms with E-state index in [-0.39, 0.29) is 12.5 Å². The standard InChI is InChI=1S/C21H18ClN5O2S/c1-12-18(30-21(24-12)14-4-3-5-15(22)10-14)20(28)23-11-17-25-19(27-26-17)13-6-8-16(29-2)9-7-13/h3-10H,11H2,1-2H3,(H,23,28)(H,25,26,27). The summed E-state index contributed by atoms with van der Waals surface area (Å²) in [5.41, 5.74) is 2.41. The number of ether oxygens (including phenoxy) is 1. The van der Waals surface area contributed by atoms with Crippen LogP contribution in [-0.4, -0.2) is 33.2 Å². The van der Waals surface area contributed by atoms with Gasteiger partial charge in [-0.1, -0.05) is 23.7 Å². The summed E-state index contributed by atoms with van der Waals surface area (Å²) in [5, 5.41) is 11.3. The highest BCUT2D eigenvalue weighted by atomic mass is 35.5. The van der Waals surface area contributed by atoms with E-state index in [0.29, 0.717) is 27.2 Å². The lowest BCUT2D eigenvalue weighted by atomic mass is 10.2. The van der Waals surface area contributed by atoms with Crippen LogP contribution in [0.3, 0.4) is 0 Å². The Kier molecular flexibility index (Phi) is 5.78. The lowest BCUT2D eigenvalue weighted by molar-refractivity contribution is 0.0953. The van der Waals surface area contributed by atoms with Crippen molar-refractivity contribution in [2.24, 2.45) is 0 Å². The Balaban J connectivity index is 1.43. The molecule has 2 heterocycles. The molecule has 0 aliphatic heterocycles. The molecule has 0 radical (unpaired) electrons. The number of amides is 1. The molecule has 0 fully saturated rings. The number of carbonyl (C=O) groups excluding carboxylic acids is 1. The highest BCUT2D eigenvalue weighted by Crippen LogP contribution is 2.29. The number of aromatic amines is 1. The Bertz CT molecular complexity index is 1190. The van der Waals surface area contributed by atoms with Crippen LogP contribution in [0.5, 0.6) is 5.75 Å². The number of halogens is 1. The molecular weight excluding hydrogens is 422 g/mol. The Morgan fingerprint density at radius 2 is 1.97 bits per heavy atom. The summed E-state index contributed by atoms with van der Waals surface area (Å²) in [7, 11) is 1.62. The number of methoxy groups -OCH3 is 1. The Hall–Kier alpha value is -3.23. The topological polar surface area (TPSA) is 92.8 Å². The van der Waals surface area contributed by atoms with E-state index in [1.807, 2.05) is 49.4 Å². The van der Waals surface area contributed by atoms with Gasteiger partial charge in [-0.2, -0.15) is 5.10 Å². The van der Waals surface area contributed by atoms with Crippen LogP contribution in [0, 0.1) is 6.92 Å². The summed E-state index contributed by atoms with van der Waals surface area (Å²) in [6.45, 7) is 2.04. The van der Waals surface area contributed by atoms with Crippen molar-refractivity contribution >= 4 is 28.8 Å². The molecule has 0 saturated heterocycles. The van der Waals surface area contributed by atoms with Gasteiger partial charge >= 0.3 is 0 Å². The summed E-state index contributed by atoms with van der Waals surface area (Å²) >= 11 is 7.39. The van der Waals surface area contributed by atoms with Crippen molar-refractivity contribution in [1.82, 2.24) is 25.5 Å². The first-order chi connectivity index (χ1) is 14.5. The normalized spacial score (nSPS) is 10.8. The number of hydrogen-bond donors (Lipinski definition) is 2. The van der Waals surface area contributed by atoms with E-state index in [1.54, 1.807) is 13.2 Å². The molecule has 0 aliphatic carbocycles. The van der Waals surface area contributed by atoms with Crippen molar-refractivity contribution in [3.8, 4) is 27.7 Å². The highest BCUT2D eigenvalue weighted by Gasteiger charge is 2.17. The van der Waals surface area contributed by atoms with Crippen LogP contribution in [-0.2, 0) is 6.54 Å². The molecule has 7 nitrogen and oxygen atoms in total. The van der Waals surface area contributed by atoms with E-state index in [2.05, 4.69) is 25.5 Å². The third kappa shape index (κ3) is 4.34. The molecule has 2 aromatic heterocycles. The fourth-order valence-corrected chi connectivity index (χ4v) is 4.01. The second kappa shape index (κ2) is 8.64. The van der Waals surface area contributed by atoms with Crippen LogP contribution in [0.15, 0.2) is 48.5 Å². The number of aryl methyl sites for hydroxylation is 1. The monoisotopic (exact) mass is 439 g/mol. The molecule has 0 spiro atoms. The zero-order valence-corrected chi connectivity index (χ0v) is 17.8. The van der Waals surface area contributed by atoms with Gasteiger partial charge in [-0.3, -0.25) is 9.89 Å². The molecule has 0 atom stereocenters. The first kappa shape index (κ1) is 20.1. The molecule has 9 heteroatoms. The lowest BCUT2D eigenvalue weighted by Gasteiger charge is -2.01. The van der Waals surface area contributed by atoms with E-state index in [1.165, 1.54) is 11.3 Å². The van der Waals surface area contributed by atoms with Gasteiger partial charge in [-0.25, -0.2) is 9.97 Å². The molecular formula is C21H18ClN5O2S. The summed E-state index contributed by atoms with van der Waals surface area (Å²) in [4.78, 5) is 22.2. The molecule has 2 N–H and O–H groups in total.